The summed E-state index contributed by atoms with van der Waals surface area (Å²) in [6.45, 7) is 9.24. The van der Waals surface area contributed by atoms with Crippen LogP contribution in [0.4, 0.5) is 5.69 Å². The molecule has 3 heteroatoms. The van der Waals surface area contributed by atoms with Crippen LogP contribution in [0.5, 0.6) is 5.75 Å². The maximum Gasteiger partial charge on any atom is 0.142 e. The highest BCUT2D eigenvalue weighted by Crippen LogP contribution is 2.32. The molecule has 0 fully saturated rings. The zero-order chi connectivity index (χ0) is 13.9. The van der Waals surface area contributed by atoms with Crippen LogP contribution in [-0.4, -0.2) is 26.2 Å². The SMILES string of the molecule is COc1cc(C)cc(C)c1N(C)CCC(C)(C)N. The summed E-state index contributed by atoms with van der Waals surface area (Å²) in [5.41, 5.74) is 9.52. The summed E-state index contributed by atoms with van der Waals surface area (Å²) in [5.74, 6) is 0.935. The second kappa shape index (κ2) is 5.61. The summed E-state index contributed by atoms with van der Waals surface area (Å²) in [7, 11) is 3.81. The first-order valence-electron chi connectivity index (χ1n) is 6.40. The lowest BCUT2D eigenvalue weighted by Crippen LogP contribution is -2.36. The van der Waals surface area contributed by atoms with Crippen molar-refractivity contribution in [3.63, 3.8) is 0 Å². The van der Waals surface area contributed by atoms with Crippen molar-refractivity contribution in [2.24, 2.45) is 5.73 Å². The summed E-state index contributed by atoms with van der Waals surface area (Å²) >= 11 is 0. The number of nitrogens with two attached hydrogens (primary N) is 1. The van der Waals surface area contributed by atoms with Gasteiger partial charge in [0.05, 0.1) is 12.8 Å². The third-order valence-electron chi connectivity index (χ3n) is 3.10. The molecule has 1 aromatic rings. The molecule has 0 radical (unpaired) electrons. The molecule has 102 valence electrons. The summed E-state index contributed by atoms with van der Waals surface area (Å²) in [4.78, 5) is 2.22. The van der Waals surface area contributed by atoms with E-state index in [0.29, 0.717) is 0 Å². The zero-order valence-electron chi connectivity index (χ0n) is 12.5. The summed E-state index contributed by atoms with van der Waals surface area (Å²) in [6, 6.07) is 4.26. The van der Waals surface area contributed by atoms with E-state index >= 15 is 0 Å². The molecule has 1 aromatic carbocycles. The molecule has 2 N–H and O–H groups in total. The van der Waals surface area contributed by atoms with Gasteiger partial charge in [0.1, 0.15) is 5.75 Å². The van der Waals surface area contributed by atoms with Gasteiger partial charge in [-0.15, -0.1) is 0 Å². The molecule has 3 nitrogen and oxygen atoms in total. The molecule has 0 atom stereocenters. The number of anilines is 1. The normalized spacial score (nSPS) is 11.5. The van der Waals surface area contributed by atoms with E-state index < -0.39 is 0 Å². The molecule has 1 rings (SSSR count). The fourth-order valence-electron chi connectivity index (χ4n) is 2.13. The Bertz CT molecular complexity index is 408. The highest BCUT2D eigenvalue weighted by molar-refractivity contribution is 5.64. The molecule has 0 spiro atoms. The fraction of sp³-hybridized carbons (Fsp3) is 0.600. The Morgan fingerprint density at radius 3 is 2.39 bits per heavy atom. The van der Waals surface area contributed by atoms with Gasteiger partial charge in [-0.25, -0.2) is 0 Å². The first-order valence-corrected chi connectivity index (χ1v) is 6.40. The number of hydrogen-bond donors (Lipinski definition) is 1. The Labute approximate surface area is 111 Å². The molecule has 0 bridgehead atoms. The van der Waals surface area contributed by atoms with E-state index in [-0.39, 0.29) is 5.54 Å². The van der Waals surface area contributed by atoms with Gasteiger partial charge in [-0.05, 0) is 51.3 Å². The van der Waals surface area contributed by atoms with Crippen molar-refractivity contribution in [3.05, 3.63) is 23.3 Å². The Morgan fingerprint density at radius 2 is 1.89 bits per heavy atom. The molecule has 0 saturated carbocycles. The molecule has 18 heavy (non-hydrogen) atoms. The van der Waals surface area contributed by atoms with Crippen molar-refractivity contribution < 1.29 is 4.74 Å². The van der Waals surface area contributed by atoms with Crippen LogP contribution >= 0.6 is 0 Å². The summed E-state index contributed by atoms with van der Waals surface area (Å²) in [6.07, 6.45) is 0.944. The lowest BCUT2D eigenvalue weighted by molar-refractivity contribution is 0.412. The van der Waals surface area contributed by atoms with Crippen LogP contribution in [0.2, 0.25) is 0 Å². The minimum Gasteiger partial charge on any atom is -0.495 e. The van der Waals surface area contributed by atoms with Crippen LogP contribution < -0.4 is 15.4 Å². The highest BCUT2D eigenvalue weighted by atomic mass is 16.5. The monoisotopic (exact) mass is 250 g/mol. The number of methoxy groups -OCH3 is 1. The first kappa shape index (κ1) is 14.8. The zero-order valence-corrected chi connectivity index (χ0v) is 12.5. The number of ether oxygens (including phenoxy) is 1. The van der Waals surface area contributed by atoms with Gasteiger partial charge in [-0.3, -0.25) is 0 Å². The largest absolute Gasteiger partial charge is 0.495 e. The minimum atomic E-state index is -0.139. The first-order chi connectivity index (χ1) is 8.24. The van der Waals surface area contributed by atoms with Crippen molar-refractivity contribution in [1.82, 2.24) is 0 Å². The number of nitrogens with zero attached hydrogens (tertiary/aromatic N) is 1. The van der Waals surface area contributed by atoms with Crippen LogP contribution in [0.15, 0.2) is 12.1 Å². The predicted octanol–water partition coefficient (Wildman–Crippen LogP) is 2.88. The van der Waals surface area contributed by atoms with Crippen LogP contribution in [0.3, 0.4) is 0 Å². The van der Waals surface area contributed by atoms with Gasteiger partial charge >= 0.3 is 0 Å². The van der Waals surface area contributed by atoms with Crippen molar-refractivity contribution >= 4 is 5.69 Å². The van der Waals surface area contributed by atoms with Gasteiger partial charge in [0.15, 0.2) is 0 Å². The summed E-state index contributed by atoms with van der Waals surface area (Å²) < 4.78 is 5.49. The van der Waals surface area contributed by atoms with E-state index in [1.54, 1.807) is 7.11 Å². The highest BCUT2D eigenvalue weighted by Gasteiger charge is 2.16. The Hall–Kier alpha value is -1.22. The average molecular weight is 250 g/mol. The predicted molar refractivity (Wildman–Crippen MR) is 78.6 cm³/mol. The van der Waals surface area contributed by atoms with Crippen LogP contribution in [-0.2, 0) is 0 Å². The molecular weight excluding hydrogens is 224 g/mol. The number of aryl methyl sites for hydroxylation is 2. The van der Waals surface area contributed by atoms with Gasteiger partial charge in [0.2, 0.25) is 0 Å². The Morgan fingerprint density at radius 1 is 1.28 bits per heavy atom. The van der Waals surface area contributed by atoms with Crippen molar-refractivity contribution in [2.75, 3.05) is 25.6 Å². The van der Waals surface area contributed by atoms with Crippen molar-refractivity contribution in [2.45, 2.75) is 39.7 Å². The van der Waals surface area contributed by atoms with E-state index in [1.165, 1.54) is 11.1 Å². The molecule has 0 heterocycles. The Balaban J connectivity index is 2.94. The van der Waals surface area contributed by atoms with Gasteiger partial charge in [0, 0.05) is 19.1 Å². The van der Waals surface area contributed by atoms with Gasteiger partial charge < -0.3 is 15.4 Å². The smallest absolute Gasteiger partial charge is 0.142 e. The minimum absolute atomic E-state index is 0.139. The molecule has 0 amide bonds. The van der Waals surface area contributed by atoms with Crippen LogP contribution in [0, 0.1) is 13.8 Å². The van der Waals surface area contributed by atoms with Crippen molar-refractivity contribution in [1.29, 1.82) is 0 Å². The van der Waals surface area contributed by atoms with E-state index in [9.17, 15) is 0 Å². The van der Waals surface area contributed by atoms with E-state index in [1.807, 2.05) is 0 Å². The van der Waals surface area contributed by atoms with Gasteiger partial charge in [0.25, 0.3) is 0 Å². The molecular formula is C15H26N2O. The quantitative estimate of drug-likeness (QED) is 0.873. The number of benzene rings is 1. The lowest BCUT2D eigenvalue weighted by atomic mass is 10.0. The van der Waals surface area contributed by atoms with E-state index in [4.69, 9.17) is 10.5 Å². The molecule has 0 aliphatic heterocycles. The molecule has 0 aromatic heterocycles. The van der Waals surface area contributed by atoms with Crippen molar-refractivity contribution in [3.8, 4) is 5.75 Å². The molecule has 0 unspecified atom stereocenters. The molecule has 0 aliphatic carbocycles. The van der Waals surface area contributed by atoms with E-state index in [0.717, 1.165) is 24.4 Å². The maximum absolute atomic E-state index is 6.04. The third kappa shape index (κ3) is 3.91. The van der Waals surface area contributed by atoms with E-state index in [2.05, 4.69) is 51.8 Å². The standard InChI is InChI=1S/C15H26N2O/c1-11-9-12(2)14(13(10-11)18-6)17(5)8-7-15(3,4)16/h9-10H,7-8,16H2,1-6H3. The second-order valence-electron chi connectivity index (χ2n) is 5.79. The van der Waals surface area contributed by atoms with Gasteiger partial charge in [-0.1, -0.05) is 6.07 Å². The third-order valence-corrected chi connectivity index (χ3v) is 3.10. The number of hydrogen-bond acceptors (Lipinski definition) is 3. The topological polar surface area (TPSA) is 38.5 Å². The lowest BCUT2D eigenvalue weighted by Gasteiger charge is -2.27. The summed E-state index contributed by atoms with van der Waals surface area (Å²) in [5, 5.41) is 0. The van der Waals surface area contributed by atoms with Gasteiger partial charge in [-0.2, -0.15) is 0 Å². The second-order valence-corrected chi connectivity index (χ2v) is 5.79. The fourth-order valence-corrected chi connectivity index (χ4v) is 2.13. The molecule has 0 aliphatic rings. The van der Waals surface area contributed by atoms with Crippen LogP contribution in [0.25, 0.3) is 0 Å². The maximum atomic E-state index is 6.04. The average Bonchev–Trinajstić information content (AvgIpc) is 2.23. The molecule has 0 saturated heterocycles. The number of rotatable bonds is 5. The Kier molecular flexibility index (Phi) is 4.63. The van der Waals surface area contributed by atoms with Crippen LogP contribution in [0.1, 0.15) is 31.4 Å².